The smallest absolute Gasteiger partial charge is 0.293 e. The Morgan fingerprint density at radius 2 is 2.08 bits per heavy atom. The molecule has 0 N–H and O–H groups in total. The summed E-state index contributed by atoms with van der Waals surface area (Å²) in [5.74, 6) is 1.25. The number of aromatic nitrogens is 3. The van der Waals surface area contributed by atoms with Gasteiger partial charge in [-0.05, 0) is 31.2 Å². The Morgan fingerprint density at radius 3 is 2.72 bits per heavy atom. The fourth-order valence-corrected chi connectivity index (χ4v) is 2.75. The van der Waals surface area contributed by atoms with E-state index in [4.69, 9.17) is 16.0 Å². The molecule has 0 aliphatic carbocycles. The van der Waals surface area contributed by atoms with Gasteiger partial charge in [0.15, 0.2) is 0 Å². The minimum absolute atomic E-state index is 0.137. The van der Waals surface area contributed by atoms with Gasteiger partial charge in [-0.15, -0.1) is 5.10 Å². The predicted molar refractivity (Wildman–Crippen MR) is 95.0 cm³/mol. The predicted octanol–water partition coefficient (Wildman–Crippen LogP) is 3.91. The summed E-state index contributed by atoms with van der Waals surface area (Å²) >= 11 is 6.26. The number of nitrogens with zero attached hydrogens (tertiary/aromatic N) is 4. The maximum Gasteiger partial charge on any atom is 0.293 e. The fraction of sp³-hybridized carbons (Fsp3) is 0.278. The Kier molecular flexibility index (Phi) is 4.90. The summed E-state index contributed by atoms with van der Waals surface area (Å²) < 4.78 is 7.01. The van der Waals surface area contributed by atoms with E-state index in [9.17, 15) is 4.79 Å². The van der Waals surface area contributed by atoms with Crippen LogP contribution in [0, 0.1) is 0 Å². The summed E-state index contributed by atoms with van der Waals surface area (Å²) in [5, 5.41) is 4.95. The van der Waals surface area contributed by atoms with Gasteiger partial charge < -0.3 is 9.32 Å². The van der Waals surface area contributed by atoms with Gasteiger partial charge in [0.25, 0.3) is 5.91 Å². The van der Waals surface area contributed by atoms with Crippen LogP contribution in [0.25, 0.3) is 5.69 Å². The molecule has 6 nitrogen and oxygen atoms in total. The van der Waals surface area contributed by atoms with Gasteiger partial charge in [-0.3, -0.25) is 4.79 Å². The van der Waals surface area contributed by atoms with Gasteiger partial charge in [-0.2, -0.15) is 0 Å². The molecule has 0 radical (unpaired) electrons. The number of halogens is 1. The molecule has 0 aliphatic heterocycles. The van der Waals surface area contributed by atoms with Crippen molar-refractivity contribution in [2.45, 2.75) is 26.3 Å². The zero-order chi connectivity index (χ0) is 18.0. The molecule has 0 saturated heterocycles. The minimum Gasteiger partial charge on any atom is -0.467 e. The van der Waals surface area contributed by atoms with Crippen LogP contribution in [0.1, 0.15) is 42.1 Å². The lowest BCUT2D eigenvalue weighted by molar-refractivity contribution is 0.0714. The molecule has 0 aliphatic rings. The highest BCUT2D eigenvalue weighted by Crippen LogP contribution is 2.23. The number of benzene rings is 1. The third kappa shape index (κ3) is 3.30. The summed E-state index contributed by atoms with van der Waals surface area (Å²) in [4.78, 5) is 18.8. The summed E-state index contributed by atoms with van der Waals surface area (Å²) in [6.07, 6.45) is 2.21. The van der Waals surface area contributed by atoms with Crippen LogP contribution in [0.2, 0.25) is 5.02 Å². The quantitative estimate of drug-likeness (QED) is 0.693. The lowest BCUT2D eigenvalue weighted by Crippen LogP contribution is -2.30. The van der Waals surface area contributed by atoms with E-state index in [1.54, 1.807) is 35.0 Å². The van der Waals surface area contributed by atoms with Crippen molar-refractivity contribution in [1.82, 2.24) is 19.7 Å². The molecule has 130 valence electrons. The van der Waals surface area contributed by atoms with E-state index in [1.807, 2.05) is 38.1 Å². The molecule has 3 rings (SSSR count). The van der Waals surface area contributed by atoms with E-state index >= 15 is 0 Å². The molecule has 1 aromatic carbocycles. The summed E-state index contributed by atoms with van der Waals surface area (Å²) in [6, 6.07) is 10.8. The van der Waals surface area contributed by atoms with Gasteiger partial charge in [-0.1, -0.05) is 30.7 Å². The number of rotatable bonds is 5. The molecule has 7 heteroatoms. The molecular formula is C18H19ClN4O2. The minimum atomic E-state index is -0.274. The number of aryl methyl sites for hydroxylation is 1. The van der Waals surface area contributed by atoms with Crippen molar-refractivity contribution in [3.63, 3.8) is 0 Å². The topological polar surface area (TPSA) is 64.2 Å². The largest absolute Gasteiger partial charge is 0.467 e. The number of furan rings is 1. The van der Waals surface area contributed by atoms with Crippen LogP contribution in [0.5, 0.6) is 0 Å². The highest BCUT2D eigenvalue weighted by atomic mass is 35.5. The highest BCUT2D eigenvalue weighted by Gasteiger charge is 2.25. The zero-order valence-corrected chi connectivity index (χ0v) is 15.1. The number of amides is 1. The Labute approximate surface area is 151 Å². The van der Waals surface area contributed by atoms with Crippen molar-refractivity contribution in [3.05, 3.63) is 65.1 Å². The van der Waals surface area contributed by atoms with Crippen molar-refractivity contribution < 1.29 is 9.21 Å². The number of para-hydroxylation sites is 1. The van der Waals surface area contributed by atoms with E-state index < -0.39 is 0 Å². The Hall–Kier alpha value is -2.60. The van der Waals surface area contributed by atoms with E-state index in [1.165, 1.54) is 0 Å². The highest BCUT2D eigenvalue weighted by molar-refractivity contribution is 6.32. The first kappa shape index (κ1) is 17.2. The van der Waals surface area contributed by atoms with Gasteiger partial charge in [-0.25, -0.2) is 9.67 Å². The number of hydrogen-bond acceptors (Lipinski definition) is 4. The van der Waals surface area contributed by atoms with E-state index in [2.05, 4.69) is 10.1 Å². The molecule has 0 fully saturated rings. The molecule has 1 unspecified atom stereocenters. The first-order valence-electron chi connectivity index (χ1n) is 8.04. The van der Waals surface area contributed by atoms with Crippen molar-refractivity contribution in [1.29, 1.82) is 0 Å². The lowest BCUT2D eigenvalue weighted by atomic mass is 10.2. The molecule has 1 amide bonds. The van der Waals surface area contributed by atoms with E-state index in [0.717, 1.165) is 0 Å². The summed E-state index contributed by atoms with van der Waals surface area (Å²) in [6.45, 7) is 3.85. The van der Waals surface area contributed by atoms with Gasteiger partial charge in [0.05, 0.1) is 23.0 Å². The average Bonchev–Trinajstić information content (AvgIpc) is 3.29. The third-order valence-corrected chi connectivity index (χ3v) is 4.44. The Bertz CT molecular complexity index is 873. The number of carbonyl (C=O) groups is 1. The van der Waals surface area contributed by atoms with Crippen LogP contribution in [-0.4, -0.2) is 32.6 Å². The van der Waals surface area contributed by atoms with Crippen molar-refractivity contribution in [2.24, 2.45) is 0 Å². The first-order valence-corrected chi connectivity index (χ1v) is 8.42. The number of carbonyl (C=O) groups excluding carboxylic acids is 1. The second-order valence-electron chi connectivity index (χ2n) is 5.68. The Balaban J connectivity index is 1.93. The van der Waals surface area contributed by atoms with Crippen LogP contribution in [0.4, 0.5) is 0 Å². The van der Waals surface area contributed by atoms with Crippen LogP contribution >= 0.6 is 11.6 Å². The van der Waals surface area contributed by atoms with Gasteiger partial charge >= 0.3 is 0 Å². The molecule has 0 spiro atoms. The number of hydrogen-bond donors (Lipinski definition) is 0. The maximum absolute atomic E-state index is 12.8. The van der Waals surface area contributed by atoms with Crippen LogP contribution in [0.3, 0.4) is 0 Å². The second-order valence-corrected chi connectivity index (χ2v) is 6.08. The SMILES string of the molecule is CCc1nc(C(=O)N(C)C(C)c2ccco2)nn1-c1ccccc1Cl. The van der Waals surface area contributed by atoms with Gasteiger partial charge in [0.2, 0.25) is 5.82 Å². The van der Waals surface area contributed by atoms with Crippen molar-refractivity contribution in [3.8, 4) is 5.69 Å². The lowest BCUT2D eigenvalue weighted by Gasteiger charge is -2.21. The van der Waals surface area contributed by atoms with Crippen LogP contribution in [-0.2, 0) is 6.42 Å². The van der Waals surface area contributed by atoms with Gasteiger partial charge in [0, 0.05) is 13.5 Å². The molecule has 3 aromatic rings. The first-order chi connectivity index (χ1) is 12.0. The van der Waals surface area contributed by atoms with E-state index in [-0.39, 0.29) is 17.8 Å². The second kappa shape index (κ2) is 7.11. The van der Waals surface area contributed by atoms with Crippen molar-refractivity contribution in [2.75, 3.05) is 7.05 Å². The van der Waals surface area contributed by atoms with Crippen molar-refractivity contribution >= 4 is 17.5 Å². The normalized spacial score (nSPS) is 12.2. The fourth-order valence-electron chi connectivity index (χ4n) is 2.53. The molecular weight excluding hydrogens is 340 g/mol. The standard InChI is InChI=1S/C18H19ClN4O2/c1-4-16-20-17(21-23(16)14-9-6-5-8-13(14)19)18(24)22(3)12(2)15-10-7-11-25-15/h5-12H,4H2,1-3H3. The van der Waals surface area contributed by atoms with Crippen LogP contribution < -0.4 is 0 Å². The third-order valence-electron chi connectivity index (χ3n) is 4.12. The molecule has 2 heterocycles. The van der Waals surface area contributed by atoms with E-state index in [0.29, 0.717) is 28.7 Å². The summed E-state index contributed by atoms with van der Waals surface area (Å²) in [7, 11) is 1.71. The molecule has 1 atom stereocenters. The average molecular weight is 359 g/mol. The zero-order valence-electron chi connectivity index (χ0n) is 14.3. The monoisotopic (exact) mass is 358 g/mol. The molecule has 25 heavy (non-hydrogen) atoms. The van der Waals surface area contributed by atoms with Gasteiger partial charge in [0.1, 0.15) is 11.6 Å². The molecule has 0 bridgehead atoms. The molecule has 2 aromatic heterocycles. The Morgan fingerprint density at radius 1 is 1.32 bits per heavy atom. The van der Waals surface area contributed by atoms with Crippen LogP contribution in [0.15, 0.2) is 47.1 Å². The summed E-state index contributed by atoms with van der Waals surface area (Å²) in [5.41, 5.74) is 0.703. The maximum atomic E-state index is 12.8. The molecule has 0 saturated carbocycles.